The Labute approximate surface area is 119 Å². The number of nitrogens with zero attached hydrogens (tertiary/aromatic N) is 2. The number of nitro groups is 1. The molecule has 7 heteroatoms. The maximum Gasteiger partial charge on any atom is 0.271 e. The van der Waals surface area contributed by atoms with Gasteiger partial charge in [0.25, 0.3) is 11.6 Å². The predicted molar refractivity (Wildman–Crippen MR) is 76.8 cm³/mol. The number of hydrogen-bond donors (Lipinski definition) is 1. The largest absolute Gasteiger partial charge is 0.465 e. The summed E-state index contributed by atoms with van der Waals surface area (Å²) >= 11 is 0. The molecule has 0 spiro atoms. The lowest BCUT2D eigenvalue weighted by molar-refractivity contribution is -0.384. The van der Waals surface area contributed by atoms with Gasteiger partial charge in [-0.05, 0) is 36.4 Å². The van der Waals surface area contributed by atoms with E-state index in [4.69, 9.17) is 4.42 Å². The van der Waals surface area contributed by atoms with E-state index < -0.39 is 10.8 Å². The number of hydrogen-bond acceptors (Lipinski definition) is 5. The average molecular weight is 285 g/mol. The summed E-state index contributed by atoms with van der Waals surface area (Å²) in [4.78, 5) is 21.6. The summed E-state index contributed by atoms with van der Waals surface area (Å²) < 4.78 is 5.07. The molecular formula is C14H11N3O4. The van der Waals surface area contributed by atoms with Crippen LogP contribution in [0.5, 0.6) is 0 Å². The van der Waals surface area contributed by atoms with Crippen LogP contribution in [0.3, 0.4) is 0 Å². The van der Waals surface area contributed by atoms with Crippen molar-refractivity contribution in [2.45, 2.75) is 0 Å². The first-order chi connectivity index (χ1) is 10.2. The number of carbonyl (C=O) groups excluding carboxylic acids is 1. The number of allylic oxidation sites excluding steroid dienone is 1. The average Bonchev–Trinajstić information content (AvgIpc) is 3.00. The molecule has 0 saturated carbocycles. The van der Waals surface area contributed by atoms with Crippen molar-refractivity contribution in [3.05, 3.63) is 70.2 Å². The van der Waals surface area contributed by atoms with Gasteiger partial charge in [-0.15, -0.1) is 0 Å². The maximum atomic E-state index is 11.7. The van der Waals surface area contributed by atoms with Gasteiger partial charge in [0.15, 0.2) is 0 Å². The van der Waals surface area contributed by atoms with Gasteiger partial charge in [-0.3, -0.25) is 14.9 Å². The summed E-state index contributed by atoms with van der Waals surface area (Å²) in [7, 11) is 0. The van der Waals surface area contributed by atoms with Crippen LogP contribution in [-0.2, 0) is 0 Å². The van der Waals surface area contributed by atoms with E-state index in [1.54, 1.807) is 30.5 Å². The smallest absolute Gasteiger partial charge is 0.271 e. The Kier molecular flexibility index (Phi) is 4.60. The molecule has 0 aliphatic carbocycles. The van der Waals surface area contributed by atoms with E-state index >= 15 is 0 Å². The molecule has 0 bridgehead atoms. The van der Waals surface area contributed by atoms with Gasteiger partial charge in [0.1, 0.15) is 5.76 Å². The van der Waals surface area contributed by atoms with Gasteiger partial charge in [0.05, 0.1) is 11.2 Å². The van der Waals surface area contributed by atoms with E-state index in [9.17, 15) is 14.9 Å². The summed E-state index contributed by atoms with van der Waals surface area (Å²) in [6.07, 6.45) is 6.23. The molecule has 0 radical (unpaired) electrons. The predicted octanol–water partition coefficient (Wildman–Crippen LogP) is 2.62. The van der Waals surface area contributed by atoms with E-state index in [1.807, 2.05) is 0 Å². The Morgan fingerprint density at radius 3 is 2.67 bits per heavy atom. The molecule has 106 valence electrons. The highest BCUT2D eigenvalue weighted by molar-refractivity contribution is 5.94. The van der Waals surface area contributed by atoms with Crippen LogP contribution in [0.15, 0.2) is 58.3 Å². The molecular weight excluding hydrogens is 274 g/mol. The molecule has 1 N–H and O–H groups in total. The van der Waals surface area contributed by atoms with Crippen molar-refractivity contribution in [1.29, 1.82) is 0 Å². The zero-order chi connectivity index (χ0) is 15.1. The number of amides is 1. The second-order valence-corrected chi connectivity index (χ2v) is 3.90. The molecule has 0 aliphatic heterocycles. The van der Waals surface area contributed by atoms with Crippen LogP contribution in [0.25, 0.3) is 6.08 Å². The lowest BCUT2D eigenvalue weighted by atomic mass is 10.2. The SMILES string of the molecule is O=C(NN=CC=Cc1ccco1)c1ccc([N+](=O)[O-])cc1. The molecule has 21 heavy (non-hydrogen) atoms. The van der Waals surface area contributed by atoms with Crippen LogP contribution in [0.2, 0.25) is 0 Å². The van der Waals surface area contributed by atoms with E-state index in [0.717, 1.165) is 0 Å². The van der Waals surface area contributed by atoms with E-state index in [2.05, 4.69) is 10.5 Å². The highest BCUT2D eigenvalue weighted by atomic mass is 16.6. The quantitative estimate of drug-likeness (QED) is 0.518. The highest BCUT2D eigenvalue weighted by Gasteiger charge is 2.08. The molecule has 1 amide bonds. The Morgan fingerprint density at radius 2 is 2.05 bits per heavy atom. The van der Waals surface area contributed by atoms with Crippen molar-refractivity contribution >= 4 is 23.9 Å². The van der Waals surface area contributed by atoms with Gasteiger partial charge in [0, 0.05) is 23.9 Å². The molecule has 2 rings (SSSR count). The number of hydrazone groups is 1. The fraction of sp³-hybridized carbons (Fsp3) is 0. The molecule has 1 aromatic carbocycles. The van der Waals surface area contributed by atoms with Gasteiger partial charge in [-0.2, -0.15) is 5.10 Å². The number of rotatable bonds is 5. The summed E-state index contributed by atoms with van der Waals surface area (Å²) in [5, 5.41) is 14.2. The zero-order valence-corrected chi connectivity index (χ0v) is 10.8. The summed E-state index contributed by atoms with van der Waals surface area (Å²) in [5.74, 6) is 0.218. The number of nitro benzene ring substituents is 1. The minimum absolute atomic E-state index is 0.0727. The van der Waals surface area contributed by atoms with Crippen LogP contribution >= 0.6 is 0 Å². The number of furan rings is 1. The van der Waals surface area contributed by atoms with E-state index in [1.165, 1.54) is 30.5 Å². The van der Waals surface area contributed by atoms with Crippen molar-refractivity contribution in [3.63, 3.8) is 0 Å². The minimum atomic E-state index is -0.529. The lowest BCUT2D eigenvalue weighted by Gasteiger charge is -1.98. The minimum Gasteiger partial charge on any atom is -0.465 e. The van der Waals surface area contributed by atoms with Crippen LogP contribution in [0.4, 0.5) is 5.69 Å². The summed E-state index contributed by atoms with van der Waals surface area (Å²) in [5.41, 5.74) is 2.52. The van der Waals surface area contributed by atoms with Crippen LogP contribution < -0.4 is 5.43 Å². The number of benzene rings is 1. The number of nitrogens with one attached hydrogen (secondary N) is 1. The molecule has 2 aromatic rings. The third-order valence-electron chi connectivity index (χ3n) is 2.47. The first-order valence-corrected chi connectivity index (χ1v) is 5.95. The normalized spacial score (nSPS) is 11.0. The van der Waals surface area contributed by atoms with Gasteiger partial charge in [-0.25, -0.2) is 5.43 Å². The number of non-ortho nitro benzene ring substituents is 1. The first-order valence-electron chi connectivity index (χ1n) is 5.95. The Morgan fingerprint density at radius 1 is 1.29 bits per heavy atom. The molecule has 0 aliphatic rings. The topological polar surface area (TPSA) is 97.7 Å². The monoisotopic (exact) mass is 285 g/mol. The maximum absolute atomic E-state index is 11.7. The molecule has 0 atom stereocenters. The van der Waals surface area contributed by atoms with Gasteiger partial charge >= 0.3 is 0 Å². The summed E-state index contributed by atoms with van der Waals surface area (Å²) in [6, 6.07) is 8.78. The molecule has 1 aromatic heterocycles. The molecule has 0 unspecified atom stereocenters. The Balaban J connectivity index is 1.88. The second kappa shape index (κ2) is 6.80. The third kappa shape index (κ3) is 4.13. The molecule has 0 fully saturated rings. The fourth-order valence-electron chi connectivity index (χ4n) is 1.46. The molecule has 7 nitrogen and oxygen atoms in total. The van der Waals surface area contributed by atoms with Crippen LogP contribution in [0, 0.1) is 10.1 Å². The van der Waals surface area contributed by atoms with E-state index in [0.29, 0.717) is 5.76 Å². The second-order valence-electron chi connectivity index (χ2n) is 3.90. The third-order valence-corrected chi connectivity index (χ3v) is 2.47. The van der Waals surface area contributed by atoms with E-state index in [-0.39, 0.29) is 11.3 Å². The van der Waals surface area contributed by atoms with Crippen molar-refractivity contribution in [3.8, 4) is 0 Å². The van der Waals surface area contributed by atoms with Crippen LogP contribution in [0.1, 0.15) is 16.1 Å². The van der Waals surface area contributed by atoms with Crippen molar-refractivity contribution < 1.29 is 14.1 Å². The van der Waals surface area contributed by atoms with Gasteiger partial charge in [-0.1, -0.05) is 0 Å². The number of carbonyl (C=O) groups is 1. The standard InChI is InChI=1S/C14H11N3O4/c18-14(11-5-7-12(8-6-11)17(19)20)16-15-9-1-3-13-4-2-10-21-13/h1-10H,(H,16,18). The van der Waals surface area contributed by atoms with Crippen LogP contribution in [-0.4, -0.2) is 17.0 Å². The van der Waals surface area contributed by atoms with Crippen molar-refractivity contribution in [2.24, 2.45) is 5.10 Å². The Bertz CT molecular complexity index is 673. The van der Waals surface area contributed by atoms with Crippen molar-refractivity contribution in [1.82, 2.24) is 5.43 Å². The highest BCUT2D eigenvalue weighted by Crippen LogP contribution is 2.11. The lowest BCUT2D eigenvalue weighted by Crippen LogP contribution is -2.17. The first kappa shape index (κ1) is 14.2. The Hall–Kier alpha value is -3.22. The van der Waals surface area contributed by atoms with Crippen molar-refractivity contribution in [2.75, 3.05) is 0 Å². The van der Waals surface area contributed by atoms with Gasteiger partial charge < -0.3 is 4.42 Å². The summed E-state index contributed by atoms with van der Waals surface area (Å²) in [6.45, 7) is 0. The van der Waals surface area contributed by atoms with Gasteiger partial charge in [0.2, 0.25) is 0 Å². The zero-order valence-electron chi connectivity index (χ0n) is 10.8. The molecule has 1 heterocycles. The fourth-order valence-corrected chi connectivity index (χ4v) is 1.46. The molecule has 0 saturated heterocycles.